The molecule has 2 fully saturated rings. The molecule has 0 radical (unpaired) electrons. The number of carbonyl (C=O) groups excluding carboxylic acids is 1. The quantitative estimate of drug-likeness (QED) is 0.227. The number of aliphatic hydroxyl groups is 4. The molecule has 2 saturated heterocycles. The van der Waals surface area contributed by atoms with Gasteiger partial charge in [0.1, 0.15) is 24.4 Å². The van der Waals surface area contributed by atoms with Crippen LogP contribution in [0.1, 0.15) is 26.2 Å². The largest absolute Gasteiger partial charge is 0.471 e. The van der Waals surface area contributed by atoms with E-state index in [1.54, 1.807) is 6.08 Å². The topological polar surface area (TPSA) is 144 Å². The van der Waals surface area contributed by atoms with Crippen molar-refractivity contribution in [3.8, 4) is 0 Å². The summed E-state index contributed by atoms with van der Waals surface area (Å²) < 4.78 is 27.6. The van der Waals surface area contributed by atoms with Crippen molar-refractivity contribution in [3.05, 3.63) is 24.5 Å². The Morgan fingerprint density at radius 2 is 2.00 bits per heavy atom. The van der Waals surface area contributed by atoms with Gasteiger partial charge >= 0.3 is 5.97 Å². The van der Waals surface area contributed by atoms with E-state index in [1.807, 2.05) is 6.92 Å². The molecule has 0 saturated carbocycles. The Labute approximate surface area is 174 Å². The molecule has 10 nitrogen and oxygen atoms in total. The lowest BCUT2D eigenvalue weighted by molar-refractivity contribution is -0.340. The summed E-state index contributed by atoms with van der Waals surface area (Å²) in [5, 5.41) is 39.4. The van der Waals surface area contributed by atoms with E-state index in [2.05, 4.69) is 6.58 Å². The second-order valence-electron chi connectivity index (χ2n) is 7.63. The summed E-state index contributed by atoms with van der Waals surface area (Å²) in [4.78, 5) is 12.4. The average molecular weight is 430 g/mol. The van der Waals surface area contributed by atoms with E-state index in [1.165, 1.54) is 6.26 Å². The van der Waals surface area contributed by atoms with E-state index >= 15 is 0 Å². The van der Waals surface area contributed by atoms with Gasteiger partial charge in [0, 0.05) is 18.3 Å². The van der Waals surface area contributed by atoms with Crippen LogP contribution in [0.2, 0.25) is 0 Å². The van der Waals surface area contributed by atoms with E-state index in [0.29, 0.717) is 18.6 Å². The smallest absolute Gasteiger partial charge is 0.339 e. The maximum atomic E-state index is 12.4. The van der Waals surface area contributed by atoms with Crippen molar-refractivity contribution in [2.75, 3.05) is 13.2 Å². The number of unbranched alkanes of at least 4 members (excludes halogenated alkanes) is 1. The van der Waals surface area contributed by atoms with Crippen LogP contribution in [-0.2, 0) is 28.5 Å². The van der Waals surface area contributed by atoms with E-state index < -0.39 is 61.8 Å². The number of carbonyl (C=O) groups is 1. The van der Waals surface area contributed by atoms with Gasteiger partial charge in [-0.15, -0.1) is 6.58 Å². The fourth-order valence-electron chi connectivity index (χ4n) is 3.81. The van der Waals surface area contributed by atoms with Crippen molar-refractivity contribution in [2.24, 2.45) is 11.8 Å². The Balaban J connectivity index is 1.71. The van der Waals surface area contributed by atoms with Crippen LogP contribution in [0.5, 0.6) is 0 Å². The summed E-state index contributed by atoms with van der Waals surface area (Å²) in [5.74, 6) is -1.38. The summed E-state index contributed by atoms with van der Waals surface area (Å²) in [6.45, 7) is 5.74. The van der Waals surface area contributed by atoms with Gasteiger partial charge in [0.05, 0.1) is 25.0 Å². The maximum Gasteiger partial charge on any atom is 0.339 e. The van der Waals surface area contributed by atoms with Crippen LogP contribution in [0.3, 0.4) is 0 Å². The summed E-state index contributed by atoms with van der Waals surface area (Å²) in [6.07, 6.45) is -3.77. The molecule has 3 aliphatic rings. The lowest BCUT2D eigenvalue weighted by atomic mass is 9.80. The third kappa shape index (κ3) is 4.70. The standard InChI is InChI=1S/C20H30O10/c1-3-5-6-26-14-7-11-10(4-2)19(27-9-12(11)18(25)29-14)30-20-17(24)16(23)15(22)13(8-21)28-20/h4,9-11,13-17,19-24H,2-3,5-8H2,1H3/t10?,11?,13-,14-,15-,16+,17-,19?,20+/m1/s1. The number of hydrogen-bond acceptors (Lipinski definition) is 10. The minimum atomic E-state index is -1.57. The highest BCUT2D eigenvalue weighted by molar-refractivity contribution is 5.89. The monoisotopic (exact) mass is 430 g/mol. The fraction of sp³-hybridized carbons (Fsp3) is 0.750. The highest BCUT2D eigenvalue weighted by Crippen LogP contribution is 2.40. The van der Waals surface area contributed by atoms with Gasteiger partial charge in [-0.3, -0.25) is 0 Å². The number of esters is 1. The first-order valence-corrected chi connectivity index (χ1v) is 10.2. The predicted molar refractivity (Wildman–Crippen MR) is 100 cm³/mol. The van der Waals surface area contributed by atoms with Crippen LogP contribution in [0.15, 0.2) is 24.5 Å². The van der Waals surface area contributed by atoms with E-state index in [-0.39, 0.29) is 5.92 Å². The van der Waals surface area contributed by atoms with Gasteiger partial charge in [0.25, 0.3) is 0 Å². The molecular formula is C20H30O10. The Kier molecular flexibility index (Phi) is 7.86. The van der Waals surface area contributed by atoms with Crippen LogP contribution in [0.25, 0.3) is 0 Å². The number of ether oxygens (including phenoxy) is 5. The predicted octanol–water partition coefficient (Wildman–Crippen LogP) is -0.449. The number of rotatable bonds is 8. The summed E-state index contributed by atoms with van der Waals surface area (Å²) >= 11 is 0. The molecule has 3 unspecified atom stereocenters. The minimum Gasteiger partial charge on any atom is -0.471 e. The van der Waals surface area contributed by atoms with Crippen molar-refractivity contribution in [2.45, 2.75) is 69.5 Å². The number of hydrogen-bond donors (Lipinski definition) is 4. The van der Waals surface area contributed by atoms with Crippen molar-refractivity contribution in [1.29, 1.82) is 0 Å². The SMILES string of the molecule is C=CC1C(O[C@@H]2O[C@H](CO)[C@@H](O)[C@H](O)[C@H]2O)OC=C2C(=O)O[C@@H](OCCCC)CC21. The Morgan fingerprint density at radius 3 is 2.67 bits per heavy atom. The zero-order chi connectivity index (χ0) is 21.8. The number of fused-ring (bicyclic) bond motifs is 1. The lowest BCUT2D eigenvalue weighted by Crippen LogP contribution is -2.60. The van der Waals surface area contributed by atoms with Gasteiger partial charge in [-0.1, -0.05) is 19.4 Å². The summed E-state index contributed by atoms with van der Waals surface area (Å²) in [7, 11) is 0. The second-order valence-corrected chi connectivity index (χ2v) is 7.63. The third-order valence-electron chi connectivity index (χ3n) is 5.62. The van der Waals surface area contributed by atoms with Crippen LogP contribution in [0, 0.1) is 11.8 Å². The molecule has 0 bridgehead atoms. The van der Waals surface area contributed by atoms with Crippen molar-refractivity contribution in [3.63, 3.8) is 0 Å². The molecule has 0 amide bonds. The van der Waals surface area contributed by atoms with Crippen LogP contribution in [-0.4, -0.2) is 82.9 Å². The molecule has 170 valence electrons. The first kappa shape index (κ1) is 23.1. The summed E-state index contributed by atoms with van der Waals surface area (Å²) in [5.41, 5.74) is 0.337. The molecule has 30 heavy (non-hydrogen) atoms. The minimum absolute atomic E-state index is 0.337. The molecule has 0 aromatic rings. The fourth-order valence-corrected chi connectivity index (χ4v) is 3.81. The van der Waals surface area contributed by atoms with Gasteiger partial charge in [0.15, 0.2) is 6.29 Å². The molecule has 3 rings (SSSR count). The molecule has 3 heterocycles. The van der Waals surface area contributed by atoms with Crippen LogP contribution >= 0.6 is 0 Å². The molecular weight excluding hydrogens is 400 g/mol. The molecule has 0 aliphatic carbocycles. The summed E-state index contributed by atoms with van der Waals surface area (Å²) in [6, 6.07) is 0. The molecule has 4 N–H and O–H groups in total. The molecule has 3 aliphatic heterocycles. The normalized spacial score (nSPS) is 41.3. The van der Waals surface area contributed by atoms with E-state index in [9.17, 15) is 25.2 Å². The van der Waals surface area contributed by atoms with Gasteiger partial charge in [-0.25, -0.2) is 4.79 Å². The van der Waals surface area contributed by atoms with E-state index in [4.69, 9.17) is 23.7 Å². The molecule has 0 aromatic carbocycles. The Hall–Kier alpha value is -1.53. The zero-order valence-corrected chi connectivity index (χ0v) is 16.8. The molecule has 0 spiro atoms. The van der Waals surface area contributed by atoms with Gasteiger partial charge in [0.2, 0.25) is 12.6 Å². The lowest BCUT2D eigenvalue weighted by Gasteiger charge is -2.44. The number of cyclic esters (lactones) is 1. The van der Waals surface area contributed by atoms with Crippen molar-refractivity contribution < 1.29 is 48.9 Å². The van der Waals surface area contributed by atoms with Gasteiger partial charge < -0.3 is 44.1 Å². The highest BCUT2D eigenvalue weighted by Gasteiger charge is 2.49. The van der Waals surface area contributed by atoms with Crippen LogP contribution < -0.4 is 0 Å². The van der Waals surface area contributed by atoms with Gasteiger partial charge in [-0.2, -0.15) is 0 Å². The van der Waals surface area contributed by atoms with Gasteiger partial charge in [-0.05, 0) is 6.42 Å². The van der Waals surface area contributed by atoms with E-state index in [0.717, 1.165) is 12.8 Å². The maximum absolute atomic E-state index is 12.4. The average Bonchev–Trinajstić information content (AvgIpc) is 2.74. The Morgan fingerprint density at radius 1 is 1.23 bits per heavy atom. The first-order valence-electron chi connectivity index (χ1n) is 10.2. The Bertz CT molecular complexity index is 635. The molecule has 0 aromatic heterocycles. The van der Waals surface area contributed by atoms with Crippen molar-refractivity contribution >= 4 is 5.97 Å². The second kappa shape index (κ2) is 10.2. The third-order valence-corrected chi connectivity index (χ3v) is 5.62. The van der Waals surface area contributed by atoms with Crippen molar-refractivity contribution in [1.82, 2.24) is 0 Å². The highest BCUT2D eigenvalue weighted by atomic mass is 16.8. The first-order chi connectivity index (χ1) is 14.4. The number of aliphatic hydroxyl groups excluding tert-OH is 4. The van der Waals surface area contributed by atoms with Crippen LogP contribution in [0.4, 0.5) is 0 Å². The molecule has 10 heteroatoms. The zero-order valence-electron chi connectivity index (χ0n) is 16.8. The molecule has 9 atom stereocenters.